The first-order valence-electron chi connectivity index (χ1n) is 7.20. The molecule has 2 rings (SSSR count). The lowest BCUT2D eigenvalue weighted by Crippen LogP contribution is -2.44. The van der Waals surface area contributed by atoms with Crippen LogP contribution in [0.15, 0.2) is 24.3 Å². The van der Waals surface area contributed by atoms with Crippen molar-refractivity contribution in [2.24, 2.45) is 5.92 Å². The Morgan fingerprint density at radius 3 is 2.59 bits per heavy atom. The fraction of sp³-hybridized carbons (Fsp3) is 0.500. The molecule has 0 saturated carbocycles. The van der Waals surface area contributed by atoms with Crippen LogP contribution in [-0.2, 0) is 14.3 Å². The molecule has 4 nitrogen and oxygen atoms in total. The SMILES string of the molecule is COC(=O)[C@H](CC(C)C)N1C(=O)CS[C@H]1c1ccc(Cl)cc1. The van der Waals surface area contributed by atoms with Crippen molar-refractivity contribution in [3.05, 3.63) is 34.9 Å². The average Bonchev–Trinajstić information content (AvgIpc) is 2.86. The van der Waals surface area contributed by atoms with Crippen LogP contribution in [0.2, 0.25) is 5.02 Å². The van der Waals surface area contributed by atoms with Gasteiger partial charge in [0.05, 0.1) is 12.9 Å². The Morgan fingerprint density at radius 2 is 2.05 bits per heavy atom. The number of halogens is 1. The molecule has 1 amide bonds. The summed E-state index contributed by atoms with van der Waals surface area (Å²) in [6.45, 7) is 4.06. The molecule has 0 aliphatic carbocycles. The number of hydrogen-bond donors (Lipinski definition) is 0. The topological polar surface area (TPSA) is 46.6 Å². The summed E-state index contributed by atoms with van der Waals surface area (Å²) in [5.74, 6) is 0.275. The van der Waals surface area contributed by atoms with E-state index < -0.39 is 6.04 Å². The summed E-state index contributed by atoms with van der Waals surface area (Å²) >= 11 is 7.45. The van der Waals surface area contributed by atoms with Crippen molar-refractivity contribution in [1.82, 2.24) is 4.90 Å². The standard InChI is InChI=1S/C16H20ClNO3S/c1-10(2)8-13(16(20)21-3)18-14(19)9-22-15(18)11-4-6-12(17)7-5-11/h4-7,10,13,15H,8-9H2,1-3H3/t13-,15-/m0/s1. The van der Waals surface area contributed by atoms with Gasteiger partial charge in [0.2, 0.25) is 5.91 Å². The maximum Gasteiger partial charge on any atom is 0.328 e. The first-order valence-corrected chi connectivity index (χ1v) is 8.62. The Labute approximate surface area is 140 Å². The molecule has 0 spiro atoms. The fourth-order valence-electron chi connectivity index (χ4n) is 2.56. The highest BCUT2D eigenvalue weighted by atomic mass is 35.5. The summed E-state index contributed by atoms with van der Waals surface area (Å²) in [5, 5.41) is 0.476. The monoisotopic (exact) mass is 341 g/mol. The molecule has 1 saturated heterocycles. The number of thioether (sulfide) groups is 1. The lowest BCUT2D eigenvalue weighted by Gasteiger charge is -2.32. The third kappa shape index (κ3) is 3.76. The van der Waals surface area contributed by atoms with Crippen LogP contribution in [0.1, 0.15) is 31.2 Å². The number of benzene rings is 1. The molecule has 2 atom stereocenters. The van der Waals surface area contributed by atoms with Gasteiger partial charge in [-0.3, -0.25) is 4.79 Å². The van der Waals surface area contributed by atoms with Gasteiger partial charge in [-0.15, -0.1) is 11.8 Å². The molecule has 120 valence electrons. The molecule has 1 aliphatic rings. The zero-order valence-corrected chi connectivity index (χ0v) is 14.5. The Bertz CT molecular complexity index is 547. The fourth-order valence-corrected chi connectivity index (χ4v) is 3.91. The highest BCUT2D eigenvalue weighted by Crippen LogP contribution is 2.41. The number of nitrogens with zero attached hydrogens (tertiary/aromatic N) is 1. The van der Waals surface area contributed by atoms with Crippen LogP contribution in [0.4, 0.5) is 0 Å². The molecular formula is C16H20ClNO3S. The predicted molar refractivity (Wildman–Crippen MR) is 88.8 cm³/mol. The van der Waals surface area contributed by atoms with Gasteiger partial charge < -0.3 is 9.64 Å². The molecule has 0 radical (unpaired) electrons. The van der Waals surface area contributed by atoms with Gasteiger partial charge in [0.15, 0.2) is 0 Å². The number of ether oxygens (including phenoxy) is 1. The highest BCUT2D eigenvalue weighted by molar-refractivity contribution is 8.00. The van der Waals surface area contributed by atoms with Crippen LogP contribution in [0, 0.1) is 5.92 Å². The van der Waals surface area contributed by atoms with Crippen LogP contribution < -0.4 is 0 Å². The second-order valence-corrected chi connectivity index (χ2v) is 7.19. The maximum atomic E-state index is 12.3. The molecule has 1 fully saturated rings. The van der Waals surface area contributed by atoms with Crippen molar-refractivity contribution in [3.63, 3.8) is 0 Å². The van der Waals surface area contributed by atoms with Crippen molar-refractivity contribution in [1.29, 1.82) is 0 Å². The van der Waals surface area contributed by atoms with E-state index in [9.17, 15) is 9.59 Å². The van der Waals surface area contributed by atoms with Gasteiger partial charge in [0.1, 0.15) is 11.4 Å². The van der Waals surface area contributed by atoms with E-state index in [-0.39, 0.29) is 23.2 Å². The minimum atomic E-state index is -0.548. The molecule has 1 aromatic rings. The summed E-state index contributed by atoms with van der Waals surface area (Å²) in [7, 11) is 1.36. The molecule has 0 unspecified atom stereocenters. The van der Waals surface area contributed by atoms with Crippen molar-refractivity contribution in [3.8, 4) is 0 Å². The van der Waals surface area contributed by atoms with E-state index in [1.54, 1.807) is 17.0 Å². The maximum absolute atomic E-state index is 12.3. The average molecular weight is 342 g/mol. The van der Waals surface area contributed by atoms with Gasteiger partial charge in [-0.2, -0.15) is 0 Å². The number of rotatable bonds is 5. The zero-order valence-electron chi connectivity index (χ0n) is 12.9. The van der Waals surface area contributed by atoms with Gasteiger partial charge in [-0.05, 0) is 30.0 Å². The third-order valence-corrected chi connectivity index (χ3v) is 5.04. The lowest BCUT2D eigenvalue weighted by atomic mass is 10.0. The summed E-state index contributed by atoms with van der Waals surface area (Å²) in [4.78, 5) is 26.2. The normalized spacial score (nSPS) is 19.6. The van der Waals surface area contributed by atoms with Gasteiger partial charge in [0, 0.05) is 5.02 Å². The smallest absolute Gasteiger partial charge is 0.328 e. The van der Waals surface area contributed by atoms with Crippen LogP contribution in [-0.4, -0.2) is 35.7 Å². The van der Waals surface area contributed by atoms with E-state index in [4.69, 9.17) is 16.3 Å². The van der Waals surface area contributed by atoms with Crippen LogP contribution in [0.3, 0.4) is 0 Å². The third-order valence-electron chi connectivity index (χ3n) is 3.56. The Balaban J connectivity index is 2.32. The van der Waals surface area contributed by atoms with Crippen LogP contribution >= 0.6 is 23.4 Å². The van der Waals surface area contributed by atoms with Crippen molar-refractivity contribution in [2.45, 2.75) is 31.7 Å². The first-order chi connectivity index (χ1) is 10.4. The largest absolute Gasteiger partial charge is 0.467 e. The number of hydrogen-bond acceptors (Lipinski definition) is 4. The highest BCUT2D eigenvalue weighted by Gasteiger charge is 2.41. The second kappa shape index (κ2) is 7.38. The lowest BCUT2D eigenvalue weighted by molar-refractivity contribution is -0.152. The Kier molecular flexibility index (Phi) is 5.75. The number of amides is 1. The van der Waals surface area contributed by atoms with E-state index in [2.05, 4.69) is 0 Å². The summed E-state index contributed by atoms with van der Waals surface area (Å²) < 4.78 is 4.91. The number of esters is 1. The van der Waals surface area contributed by atoms with Gasteiger partial charge in [-0.25, -0.2) is 4.79 Å². The van der Waals surface area contributed by atoms with Crippen LogP contribution in [0.25, 0.3) is 0 Å². The van der Waals surface area contributed by atoms with E-state index >= 15 is 0 Å². The molecule has 22 heavy (non-hydrogen) atoms. The van der Waals surface area contributed by atoms with E-state index in [1.807, 2.05) is 26.0 Å². The van der Waals surface area contributed by atoms with Crippen molar-refractivity contribution < 1.29 is 14.3 Å². The van der Waals surface area contributed by atoms with Gasteiger partial charge in [-0.1, -0.05) is 37.6 Å². The summed E-state index contributed by atoms with van der Waals surface area (Å²) in [6, 6.07) is 6.85. The molecule has 0 aromatic heterocycles. The Morgan fingerprint density at radius 1 is 1.41 bits per heavy atom. The first kappa shape index (κ1) is 17.2. The summed E-state index contributed by atoms with van der Waals surface area (Å²) in [6.07, 6.45) is 0.586. The van der Waals surface area contributed by atoms with E-state index in [0.717, 1.165) is 5.56 Å². The van der Waals surface area contributed by atoms with E-state index in [1.165, 1.54) is 18.9 Å². The molecule has 1 aliphatic heterocycles. The molecule has 0 N–H and O–H groups in total. The van der Waals surface area contributed by atoms with Crippen LogP contribution in [0.5, 0.6) is 0 Å². The number of carbonyl (C=O) groups excluding carboxylic acids is 2. The minimum Gasteiger partial charge on any atom is -0.467 e. The molecule has 1 heterocycles. The molecule has 1 aromatic carbocycles. The quantitative estimate of drug-likeness (QED) is 0.769. The van der Waals surface area contributed by atoms with E-state index in [0.29, 0.717) is 17.2 Å². The minimum absolute atomic E-state index is 0.0269. The summed E-state index contributed by atoms with van der Waals surface area (Å²) in [5.41, 5.74) is 0.970. The zero-order chi connectivity index (χ0) is 16.3. The number of methoxy groups -OCH3 is 1. The Hall–Kier alpha value is -1.20. The van der Waals surface area contributed by atoms with Crippen molar-refractivity contribution >= 4 is 35.2 Å². The molecule has 0 bridgehead atoms. The molecule has 6 heteroatoms. The predicted octanol–water partition coefficient (Wildman–Crippen LogP) is 3.50. The van der Waals surface area contributed by atoms with Gasteiger partial charge >= 0.3 is 5.97 Å². The molecular weight excluding hydrogens is 322 g/mol. The van der Waals surface area contributed by atoms with Crippen molar-refractivity contribution in [2.75, 3.05) is 12.9 Å². The number of carbonyl (C=O) groups is 2. The van der Waals surface area contributed by atoms with Gasteiger partial charge in [0.25, 0.3) is 0 Å². The second-order valence-electron chi connectivity index (χ2n) is 5.68.